The van der Waals surface area contributed by atoms with Gasteiger partial charge in [0.2, 0.25) is 0 Å². The van der Waals surface area contributed by atoms with Gasteiger partial charge in [0.15, 0.2) is 0 Å². The van der Waals surface area contributed by atoms with Gasteiger partial charge in [-0.15, -0.1) is 34.5 Å². The number of fused-ring (bicyclic) bond motifs is 1. The Bertz CT molecular complexity index is 740. The van der Waals surface area contributed by atoms with Gasteiger partial charge in [0.05, 0.1) is 0 Å². The van der Waals surface area contributed by atoms with Gasteiger partial charge >= 0.3 is 18.9 Å². The minimum atomic E-state index is 0. The van der Waals surface area contributed by atoms with Crippen molar-refractivity contribution in [3.63, 3.8) is 0 Å². The van der Waals surface area contributed by atoms with Crippen LogP contribution >= 0.6 is 0 Å². The molecule has 0 amide bonds. The molecule has 1 heteroatoms. The van der Waals surface area contributed by atoms with Crippen LogP contribution in [0, 0.1) is 6.92 Å². The molecule has 0 radical (unpaired) electrons. The first-order valence-corrected chi connectivity index (χ1v) is 7.22. The zero-order valence-corrected chi connectivity index (χ0v) is 13.7. The second-order valence-corrected chi connectivity index (χ2v) is 6.67. The summed E-state index contributed by atoms with van der Waals surface area (Å²) in [6, 6.07) is 20.1. The van der Waals surface area contributed by atoms with E-state index in [0.717, 1.165) is 0 Å². The van der Waals surface area contributed by atoms with Gasteiger partial charge in [-0.3, -0.25) is 0 Å². The monoisotopic (exact) mass is 268 g/mol. The maximum Gasteiger partial charge on any atom is 1.00 e. The zero-order chi connectivity index (χ0) is 14.3. The van der Waals surface area contributed by atoms with Crippen LogP contribution in [0.5, 0.6) is 0 Å². The van der Waals surface area contributed by atoms with E-state index in [2.05, 4.69) is 82.3 Å². The molecule has 0 aromatic heterocycles. The van der Waals surface area contributed by atoms with Crippen molar-refractivity contribution in [2.45, 2.75) is 33.1 Å². The Morgan fingerprint density at radius 2 is 1.57 bits per heavy atom. The quantitative estimate of drug-likeness (QED) is 0.470. The molecule has 0 spiro atoms. The summed E-state index contributed by atoms with van der Waals surface area (Å²) in [6.45, 7) is 8.92. The van der Waals surface area contributed by atoms with Crippen LogP contribution in [-0.2, 0) is 5.41 Å². The summed E-state index contributed by atoms with van der Waals surface area (Å²) >= 11 is 0. The SMILES string of the molecule is Cc1cc2c(-c3ccc(C(C)(C)C)cc3)cccc2[cH-]1.[Li+]. The molecule has 3 aromatic rings. The predicted molar refractivity (Wildman–Crippen MR) is 88.4 cm³/mol. The first-order chi connectivity index (χ1) is 9.45. The molecule has 102 valence electrons. The van der Waals surface area contributed by atoms with Crippen molar-refractivity contribution in [1.82, 2.24) is 0 Å². The molecule has 3 rings (SSSR count). The summed E-state index contributed by atoms with van der Waals surface area (Å²) < 4.78 is 0. The Balaban J connectivity index is 0.00000161. The summed E-state index contributed by atoms with van der Waals surface area (Å²) in [5.74, 6) is 0. The molecule has 0 fully saturated rings. The average molecular weight is 268 g/mol. The van der Waals surface area contributed by atoms with Crippen molar-refractivity contribution in [3.8, 4) is 11.1 Å². The minimum Gasteiger partial charge on any atom is -0.165 e. The van der Waals surface area contributed by atoms with Crippen molar-refractivity contribution in [2.75, 3.05) is 0 Å². The van der Waals surface area contributed by atoms with Crippen LogP contribution in [0.25, 0.3) is 21.9 Å². The molecule has 0 heterocycles. The van der Waals surface area contributed by atoms with Gasteiger partial charge in [-0.25, -0.2) is 0 Å². The normalized spacial score (nSPS) is 11.4. The topological polar surface area (TPSA) is 0 Å². The summed E-state index contributed by atoms with van der Waals surface area (Å²) in [5, 5.41) is 2.69. The third-order valence-corrected chi connectivity index (χ3v) is 3.96. The van der Waals surface area contributed by atoms with Crippen LogP contribution in [0.15, 0.2) is 54.6 Å². The largest absolute Gasteiger partial charge is 1.00 e. The zero-order valence-electron chi connectivity index (χ0n) is 13.7. The number of hydrogen-bond donors (Lipinski definition) is 0. The molecule has 0 aliphatic rings. The van der Waals surface area contributed by atoms with E-state index < -0.39 is 0 Å². The second kappa shape index (κ2) is 5.80. The van der Waals surface area contributed by atoms with E-state index in [0.29, 0.717) is 0 Å². The molecule has 0 aliphatic carbocycles. The molecule has 0 N–H and O–H groups in total. The fourth-order valence-corrected chi connectivity index (χ4v) is 2.79. The number of rotatable bonds is 1. The fraction of sp³-hybridized carbons (Fsp3) is 0.250. The Morgan fingerprint density at radius 1 is 0.905 bits per heavy atom. The third-order valence-electron chi connectivity index (χ3n) is 3.96. The van der Waals surface area contributed by atoms with E-state index in [4.69, 9.17) is 0 Å². The molecule has 0 unspecified atom stereocenters. The maximum atomic E-state index is 2.28. The molecular formula is C20H21Li. The fourth-order valence-electron chi connectivity index (χ4n) is 2.79. The third kappa shape index (κ3) is 3.13. The molecule has 0 saturated heterocycles. The summed E-state index contributed by atoms with van der Waals surface area (Å²) in [4.78, 5) is 0. The van der Waals surface area contributed by atoms with Crippen LogP contribution in [0.4, 0.5) is 0 Å². The van der Waals surface area contributed by atoms with Crippen LogP contribution in [0.3, 0.4) is 0 Å². The van der Waals surface area contributed by atoms with E-state index in [-0.39, 0.29) is 24.3 Å². The summed E-state index contributed by atoms with van der Waals surface area (Å²) in [5.41, 5.74) is 5.55. The van der Waals surface area contributed by atoms with E-state index in [1.165, 1.54) is 33.0 Å². The Kier molecular flexibility index (Phi) is 4.42. The van der Waals surface area contributed by atoms with Gasteiger partial charge in [0.1, 0.15) is 0 Å². The van der Waals surface area contributed by atoms with E-state index >= 15 is 0 Å². The predicted octanol–water partition coefficient (Wildman–Crippen LogP) is 2.84. The van der Waals surface area contributed by atoms with E-state index in [9.17, 15) is 0 Å². The van der Waals surface area contributed by atoms with Crippen LogP contribution in [0.2, 0.25) is 0 Å². The molecule has 0 aliphatic heterocycles. The van der Waals surface area contributed by atoms with Crippen LogP contribution in [0.1, 0.15) is 31.9 Å². The smallest absolute Gasteiger partial charge is 0.165 e. The maximum absolute atomic E-state index is 2.28. The van der Waals surface area contributed by atoms with Gasteiger partial charge in [-0.1, -0.05) is 63.6 Å². The first-order valence-electron chi connectivity index (χ1n) is 7.22. The Morgan fingerprint density at radius 3 is 2.19 bits per heavy atom. The van der Waals surface area contributed by atoms with Crippen molar-refractivity contribution in [3.05, 3.63) is 65.7 Å². The van der Waals surface area contributed by atoms with Gasteiger partial charge in [-0.05, 0) is 16.5 Å². The molecule has 0 saturated carbocycles. The standard InChI is InChI=1S/C20H21.Li/c1-14-12-16-6-5-7-18(19(16)13-14)15-8-10-17(11-9-15)20(2,3)4;/h5-13H,1-4H3;/q-1;+1. The molecule has 0 nitrogen and oxygen atoms in total. The minimum absolute atomic E-state index is 0. The van der Waals surface area contributed by atoms with Crippen molar-refractivity contribution < 1.29 is 18.9 Å². The van der Waals surface area contributed by atoms with Gasteiger partial charge in [0.25, 0.3) is 0 Å². The van der Waals surface area contributed by atoms with E-state index in [1.54, 1.807) is 0 Å². The van der Waals surface area contributed by atoms with Gasteiger partial charge < -0.3 is 0 Å². The number of benzene rings is 2. The van der Waals surface area contributed by atoms with Crippen LogP contribution < -0.4 is 18.9 Å². The number of hydrogen-bond acceptors (Lipinski definition) is 0. The van der Waals surface area contributed by atoms with Crippen LogP contribution in [-0.4, -0.2) is 0 Å². The van der Waals surface area contributed by atoms with Crippen molar-refractivity contribution >= 4 is 10.8 Å². The van der Waals surface area contributed by atoms with Gasteiger partial charge in [-0.2, -0.15) is 6.07 Å². The molecular weight excluding hydrogens is 247 g/mol. The molecule has 3 aromatic carbocycles. The average Bonchev–Trinajstić information content (AvgIpc) is 2.78. The van der Waals surface area contributed by atoms with E-state index in [1.807, 2.05) is 0 Å². The van der Waals surface area contributed by atoms with Crippen molar-refractivity contribution in [1.29, 1.82) is 0 Å². The molecule has 0 bridgehead atoms. The van der Waals surface area contributed by atoms with Crippen molar-refractivity contribution in [2.24, 2.45) is 0 Å². The number of aryl methyl sites for hydroxylation is 1. The van der Waals surface area contributed by atoms with Gasteiger partial charge in [0, 0.05) is 0 Å². The summed E-state index contributed by atoms with van der Waals surface area (Å²) in [7, 11) is 0. The Labute approximate surface area is 139 Å². The summed E-state index contributed by atoms with van der Waals surface area (Å²) in [6.07, 6.45) is 0. The Hall–Kier alpha value is -1.35. The second-order valence-electron chi connectivity index (χ2n) is 6.67. The first kappa shape index (κ1) is 16.0. The molecule has 0 atom stereocenters. The molecule has 21 heavy (non-hydrogen) atoms.